The van der Waals surface area contributed by atoms with Gasteiger partial charge in [0, 0.05) is 25.2 Å². The SMILES string of the molecule is Cc1ncc(C#N)cc1C(=O)ON1CC(CN)C1. The fourth-order valence-corrected chi connectivity index (χ4v) is 1.71. The van der Waals surface area contributed by atoms with Gasteiger partial charge in [0.1, 0.15) is 6.07 Å². The smallest absolute Gasteiger partial charge is 0.358 e. The Hall–Kier alpha value is -1.97. The van der Waals surface area contributed by atoms with E-state index in [1.807, 2.05) is 6.07 Å². The van der Waals surface area contributed by atoms with Gasteiger partial charge in [0.05, 0.1) is 16.8 Å². The number of hydrogen-bond donors (Lipinski definition) is 1. The summed E-state index contributed by atoms with van der Waals surface area (Å²) in [6, 6.07) is 3.44. The van der Waals surface area contributed by atoms with Crippen LogP contribution >= 0.6 is 0 Å². The Bertz CT molecular complexity index is 503. The van der Waals surface area contributed by atoms with E-state index in [1.54, 1.807) is 12.0 Å². The van der Waals surface area contributed by atoms with Gasteiger partial charge in [-0.3, -0.25) is 4.98 Å². The van der Waals surface area contributed by atoms with Crippen molar-refractivity contribution >= 4 is 5.97 Å². The minimum Gasteiger partial charge on any atom is -0.364 e. The van der Waals surface area contributed by atoms with E-state index in [4.69, 9.17) is 15.8 Å². The predicted octanol–water partition coefficient (Wildman–Crippen LogP) is 0.224. The molecule has 94 valence electrons. The molecule has 18 heavy (non-hydrogen) atoms. The lowest BCUT2D eigenvalue weighted by Crippen LogP contribution is -2.50. The normalized spacial score (nSPS) is 15.8. The van der Waals surface area contributed by atoms with Crippen molar-refractivity contribution in [3.05, 3.63) is 29.1 Å². The molecule has 1 aliphatic rings. The molecule has 2 N–H and O–H groups in total. The van der Waals surface area contributed by atoms with E-state index >= 15 is 0 Å². The Morgan fingerprint density at radius 1 is 1.72 bits per heavy atom. The average molecular weight is 246 g/mol. The van der Waals surface area contributed by atoms with E-state index in [0.29, 0.717) is 42.4 Å². The van der Waals surface area contributed by atoms with E-state index in [2.05, 4.69) is 4.98 Å². The molecule has 6 nitrogen and oxygen atoms in total. The van der Waals surface area contributed by atoms with Crippen LogP contribution in [0.4, 0.5) is 0 Å². The van der Waals surface area contributed by atoms with Gasteiger partial charge in [-0.15, -0.1) is 5.06 Å². The number of carbonyl (C=O) groups is 1. The zero-order chi connectivity index (χ0) is 13.1. The highest BCUT2D eigenvalue weighted by molar-refractivity contribution is 5.90. The summed E-state index contributed by atoms with van der Waals surface area (Å²) < 4.78 is 0. The minimum absolute atomic E-state index is 0.324. The molecule has 0 amide bonds. The van der Waals surface area contributed by atoms with Gasteiger partial charge in [0.2, 0.25) is 0 Å². The highest BCUT2D eigenvalue weighted by Gasteiger charge is 2.29. The van der Waals surface area contributed by atoms with E-state index in [9.17, 15) is 4.79 Å². The quantitative estimate of drug-likeness (QED) is 0.820. The van der Waals surface area contributed by atoms with Gasteiger partial charge < -0.3 is 10.6 Å². The molecular weight excluding hydrogens is 232 g/mol. The lowest BCUT2D eigenvalue weighted by atomic mass is 10.0. The third kappa shape index (κ3) is 2.47. The van der Waals surface area contributed by atoms with Gasteiger partial charge in [-0.2, -0.15) is 5.26 Å². The van der Waals surface area contributed by atoms with Crippen LogP contribution in [-0.2, 0) is 4.84 Å². The van der Waals surface area contributed by atoms with Crippen LogP contribution in [0, 0.1) is 24.2 Å². The van der Waals surface area contributed by atoms with Gasteiger partial charge in [-0.1, -0.05) is 0 Å². The van der Waals surface area contributed by atoms with Crippen molar-refractivity contribution in [2.45, 2.75) is 6.92 Å². The summed E-state index contributed by atoms with van der Waals surface area (Å²) in [7, 11) is 0. The number of pyridine rings is 1. The first-order valence-corrected chi connectivity index (χ1v) is 5.68. The van der Waals surface area contributed by atoms with Crippen molar-refractivity contribution in [2.75, 3.05) is 19.6 Å². The van der Waals surface area contributed by atoms with Crippen LogP contribution in [0.15, 0.2) is 12.3 Å². The summed E-state index contributed by atoms with van der Waals surface area (Å²) in [5.41, 5.74) is 6.71. The monoisotopic (exact) mass is 246 g/mol. The molecule has 0 aromatic carbocycles. The summed E-state index contributed by atoms with van der Waals surface area (Å²) in [6.45, 7) is 3.62. The molecule has 6 heteroatoms. The molecule has 0 bridgehead atoms. The van der Waals surface area contributed by atoms with Gasteiger partial charge in [0.25, 0.3) is 0 Å². The molecule has 0 aliphatic carbocycles. The summed E-state index contributed by atoms with van der Waals surface area (Å²) >= 11 is 0. The number of nitriles is 1. The number of hydrogen-bond acceptors (Lipinski definition) is 6. The van der Waals surface area contributed by atoms with Crippen molar-refractivity contribution < 1.29 is 9.63 Å². The second kappa shape index (κ2) is 5.12. The molecule has 2 heterocycles. The fraction of sp³-hybridized carbons (Fsp3) is 0.417. The summed E-state index contributed by atoms with van der Waals surface area (Å²) in [5, 5.41) is 10.3. The number of carbonyl (C=O) groups excluding carboxylic acids is 1. The number of nitrogens with two attached hydrogens (primary N) is 1. The van der Waals surface area contributed by atoms with Gasteiger partial charge in [-0.05, 0) is 19.5 Å². The largest absolute Gasteiger partial charge is 0.364 e. The number of nitrogens with zero attached hydrogens (tertiary/aromatic N) is 3. The first-order valence-electron chi connectivity index (χ1n) is 5.68. The van der Waals surface area contributed by atoms with E-state index in [1.165, 1.54) is 12.3 Å². The summed E-state index contributed by atoms with van der Waals surface area (Å²) in [4.78, 5) is 21.1. The van der Waals surface area contributed by atoms with Crippen LogP contribution in [0.2, 0.25) is 0 Å². The van der Waals surface area contributed by atoms with E-state index in [-0.39, 0.29) is 0 Å². The van der Waals surface area contributed by atoms with Crippen molar-refractivity contribution in [1.82, 2.24) is 10.0 Å². The van der Waals surface area contributed by atoms with Crippen molar-refractivity contribution in [1.29, 1.82) is 5.26 Å². The molecule has 1 aromatic rings. The average Bonchev–Trinajstić information content (AvgIpc) is 2.33. The standard InChI is InChI=1S/C12H14N4O2/c1-8-11(2-9(3-13)5-15-8)12(17)18-16-6-10(4-14)7-16/h2,5,10H,4,6-7,14H2,1H3. The molecular formula is C12H14N4O2. The first kappa shape index (κ1) is 12.5. The van der Waals surface area contributed by atoms with Crippen molar-refractivity contribution in [3.8, 4) is 6.07 Å². The van der Waals surface area contributed by atoms with E-state index in [0.717, 1.165) is 0 Å². The van der Waals surface area contributed by atoms with Crippen molar-refractivity contribution in [3.63, 3.8) is 0 Å². The molecule has 0 atom stereocenters. The van der Waals surface area contributed by atoms with Crippen LogP contribution < -0.4 is 5.73 Å². The van der Waals surface area contributed by atoms with Gasteiger partial charge in [-0.25, -0.2) is 4.79 Å². The third-order valence-electron chi connectivity index (χ3n) is 2.90. The van der Waals surface area contributed by atoms with Gasteiger partial charge >= 0.3 is 5.97 Å². The number of hydroxylamine groups is 2. The highest BCUT2D eigenvalue weighted by atomic mass is 16.7. The second-order valence-electron chi connectivity index (χ2n) is 4.30. The Morgan fingerprint density at radius 2 is 2.44 bits per heavy atom. The van der Waals surface area contributed by atoms with Gasteiger partial charge in [0.15, 0.2) is 0 Å². The third-order valence-corrected chi connectivity index (χ3v) is 2.90. The minimum atomic E-state index is -0.479. The molecule has 2 rings (SSSR count). The zero-order valence-corrected chi connectivity index (χ0v) is 10.1. The highest BCUT2D eigenvalue weighted by Crippen LogP contribution is 2.17. The number of aromatic nitrogens is 1. The second-order valence-corrected chi connectivity index (χ2v) is 4.30. The Morgan fingerprint density at radius 3 is 3.06 bits per heavy atom. The lowest BCUT2D eigenvalue weighted by molar-refractivity contribution is -0.171. The number of aryl methyl sites for hydroxylation is 1. The summed E-state index contributed by atoms with van der Waals surface area (Å²) in [5.74, 6) is -0.0879. The molecule has 0 spiro atoms. The summed E-state index contributed by atoms with van der Waals surface area (Å²) in [6.07, 6.45) is 1.43. The molecule has 0 unspecified atom stereocenters. The van der Waals surface area contributed by atoms with Crippen LogP contribution in [0.25, 0.3) is 0 Å². The van der Waals surface area contributed by atoms with Crippen molar-refractivity contribution in [2.24, 2.45) is 11.7 Å². The van der Waals surface area contributed by atoms with E-state index < -0.39 is 5.97 Å². The van der Waals surface area contributed by atoms with Crippen LogP contribution in [-0.4, -0.2) is 35.7 Å². The molecule has 0 saturated carbocycles. The van der Waals surface area contributed by atoms with Crippen LogP contribution in [0.3, 0.4) is 0 Å². The molecule has 0 radical (unpaired) electrons. The topological polar surface area (TPSA) is 92.2 Å². The molecule has 1 aliphatic heterocycles. The maximum atomic E-state index is 11.9. The number of rotatable bonds is 3. The Balaban J connectivity index is 2.03. The maximum Gasteiger partial charge on any atom is 0.358 e. The molecule has 1 aromatic heterocycles. The molecule has 1 fully saturated rings. The lowest BCUT2D eigenvalue weighted by Gasteiger charge is -2.36. The fourth-order valence-electron chi connectivity index (χ4n) is 1.71. The van der Waals surface area contributed by atoms with Crippen LogP contribution in [0.1, 0.15) is 21.6 Å². The zero-order valence-electron chi connectivity index (χ0n) is 10.1. The first-order chi connectivity index (χ1) is 8.63. The predicted molar refractivity (Wildman–Crippen MR) is 63.2 cm³/mol. The molecule has 1 saturated heterocycles. The Kier molecular flexibility index (Phi) is 3.55. The maximum absolute atomic E-state index is 11.9. The Labute approximate surface area is 105 Å². The van der Waals surface area contributed by atoms with Crippen LogP contribution in [0.5, 0.6) is 0 Å².